The molecule has 0 aliphatic carbocycles. The molecular formula is C28H33N5O2S2. The average Bonchev–Trinajstić information content (AvgIpc) is 3.19. The molecule has 0 radical (unpaired) electrons. The van der Waals surface area contributed by atoms with Gasteiger partial charge in [-0.05, 0) is 50.5 Å². The lowest BCUT2D eigenvalue weighted by Crippen LogP contribution is -2.48. The van der Waals surface area contributed by atoms with Crippen LogP contribution >= 0.6 is 24.0 Å². The molecule has 0 bridgehead atoms. The van der Waals surface area contributed by atoms with Crippen molar-refractivity contribution in [2.45, 2.75) is 53.1 Å². The third kappa shape index (κ3) is 5.18. The van der Waals surface area contributed by atoms with Crippen molar-refractivity contribution in [1.82, 2.24) is 9.47 Å². The number of nitriles is 1. The molecule has 1 aromatic carbocycles. The Balaban J connectivity index is 1.80. The van der Waals surface area contributed by atoms with Crippen LogP contribution < -0.4 is 15.4 Å². The summed E-state index contributed by atoms with van der Waals surface area (Å²) in [6.07, 6.45) is 3.40. The fourth-order valence-electron chi connectivity index (χ4n) is 4.90. The summed E-state index contributed by atoms with van der Waals surface area (Å²) in [5, 5.41) is 9.87. The summed E-state index contributed by atoms with van der Waals surface area (Å²) in [4.78, 5) is 33.5. The van der Waals surface area contributed by atoms with Gasteiger partial charge in [-0.15, -0.1) is 0 Å². The summed E-state index contributed by atoms with van der Waals surface area (Å²) in [6.45, 7) is 11.4. The van der Waals surface area contributed by atoms with Crippen LogP contribution in [0, 0.1) is 18.3 Å². The molecule has 4 rings (SSSR count). The van der Waals surface area contributed by atoms with Crippen molar-refractivity contribution in [1.29, 1.82) is 5.26 Å². The van der Waals surface area contributed by atoms with Gasteiger partial charge in [0.1, 0.15) is 21.8 Å². The Hall–Kier alpha value is -3.09. The van der Waals surface area contributed by atoms with Gasteiger partial charge in [0.15, 0.2) is 0 Å². The van der Waals surface area contributed by atoms with Crippen molar-refractivity contribution < 1.29 is 4.79 Å². The number of rotatable bonds is 7. The first-order chi connectivity index (χ1) is 17.8. The molecule has 37 heavy (non-hydrogen) atoms. The molecule has 7 nitrogen and oxygen atoms in total. The normalized spacial score (nSPS) is 18.0. The molecule has 1 unspecified atom stereocenters. The standard InChI is InChI=1S/C28H33N5O2S2/c1-5-12-32-25(31-15-13-30(14-16-31)21-10-8-7-9-11-21)22(20(4)23(18-29)26(32)34)17-24-27(35)33(19(3)6-2)28(36)37-24/h7-11,17,19H,5-6,12-16H2,1-4H3/b24-17-. The van der Waals surface area contributed by atoms with Crippen LogP contribution in [0.5, 0.6) is 0 Å². The molecule has 9 heteroatoms. The third-order valence-electron chi connectivity index (χ3n) is 7.12. The lowest BCUT2D eigenvalue weighted by atomic mass is 10.0. The molecule has 0 N–H and O–H groups in total. The SMILES string of the molecule is CCCn1c(N2CCN(c3ccccc3)CC2)c(/C=C2\SC(=S)N(C(C)CC)C2=O)c(C)c(C#N)c1=O. The summed E-state index contributed by atoms with van der Waals surface area (Å²) >= 11 is 6.83. The number of nitrogens with zero attached hydrogens (tertiary/aromatic N) is 5. The Morgan fingerprint density at radius 3 is 2.35 bits per heavy atom. The first-order valence-corrected chi connectivity index (χ1v) is 14.0. The van der Waals surface area contributed by atoms with Gasteiger partial charge in [0.25, 0.3) is 11.5 Å². The van der Waals surface area contributed by atoms with Crippen molar-refractivity contribution in [2.24, 2.45) is 0 Å². The monoisotopic (exact) mass is 535 g/mol. The predicted octanol–water partition coefficient (Wildman–Crippen LogP) is 4.76. The number of pyridine rings is 1. The number of amides is 1. The molecule has 2 aliphatic heterocycles. The Labute approximate surface area is 228 Å². The van der Waals surface area contributed by atoms with Crippen LogP contribution in [0.3, 0.4) is 0 Å². The van der Waals surface area contributed by atoms with Gasteiger partial charge in [-0.1, -0.05) is 56.0 Å². The predicted molar refractivity (Wildman–Crippen MR) is 156 cm³/mol. The van der Waals surface area contributed by atoms with E-state index >= 15 is 0 Å². The molecule has 3 heterocycles. The number of hydrogen-bond donors (Lipinski definition) is 0. The number of thioether (sulfide) groups is 1. The Kier molecular flexibility index (Phi) is 8.40. The highest BCUT2D eigenvalue weighted by atomic mass is 32.2. The zero-order valence-corrected chi connectivity index (χ0v) is 23.5. The molecule has 0 spiro atoms. The molecule has 1 atom stereocenters. The number of benzene rings is 1. The van der Waals surface area contributed by atoms with Crippen molar-refractivity contribution in [3.63, 3.8) is 0 Å². The van der Waals surface area contributed by atoms with E-state index in [2.05, 4.69) is 28.0 Å². The molecule has 2 aliphatic rings. The van der Waals surface area contributed by atoms with Crippen LogP contribution in [0.4, 0.5) is 11.5 Å². The van der Waals surface area contributed by atoms with Crippen molar-refractivity contribution >= 4 is 51.8 Å². The second-order valence-corrected chi connectivity index (χ2v) is 11.1. The van der Waals surface area contributed by atoms with E-state index in [1.807, 2.05) is 45.0 Å². The van der Waals surface area contributed by atoms with E-state index in [1.54, 1.807) is 16.4 Å². The first-order valence-electron chi connectivity index (χ1n) is 12.8. The number of carbonyl (C=O) groups excluding carboxylic acids is 1. The van der Waals surface area contributed by atoms with Gasteiger partial charge in [0, 0.05) is 50.0 Å². The summed E-state index contributed by atoms with van der Waals surface area (Å²) in [7, 11) is 0. The molecule has 2 fully saturated rings. The molecule has 194 valence electrons. The maximum atomic E-state index is 13.4. The number of anilines is 2. The minimum Gasteiger partial charge on any atom is -0.368 e. The Morgan fingerprint density at radius 2 is 1.76 bits per heavy atom. The van der Waals surface area contributed by atoms with Crippen molar-refractivity contribution in [2.75, 3.05) is 36.0 Å². The fraction of sp³-hybridized carbons (Fsp3) is 0.429. The maximum Gasteiger partial charge on any atom is 0.270 e. The molecule has 1 amide bonds. The largest absolute Gasteiger partial charge is 0.368 e. The van der Waals surface area contributed by atoms with Gasteiger partial charge in [0.05, 0.1) is 4.91 Å². The van der Waals surface area contributed by atoms with E-state index in [-0.39, 0.29) is 23.1 Å². The molecular weight excluding hydrogens is 502 g/mol. The molecule has 2 aromatic rings. The van der Waals surface area contributed by atoms with E-state index < -0.39 is 0 Å². The maximum absolute atomic E-state index is 13.4. The van der Waals surface area contributed by atoms with E-state index in [0.717, 1.165) is 50.4 Å². The molecule has 0 saturated carbocycles. The van der Waals surface area contributed by atoms with Crippen LogP contribution in [-0.2, 0) is 11.3 Å². The number of piperazine rings is 1. The van der Waals surface area contributed by atoms with Gasteiger partial charge >= 0.3 is 0 Å². The van der Waals surface area contributed by atoms with Crippen LogP contribution in [-0.4, -0.2) is 51.9 Å². The summed E-state index contributed by atoms with van der Waals surface area (Å²) < 4.78 is 2.27. The number of carbonyl (C=O) groups is 1. The minimum atomic E-state index is -0.272. The second kappa shape index (κ2) is 11.5. The van der Waals surface area contributed by atoms with Crippen LogP contribution in [0.2, 0.25) is 0 Å². The lowest BCUT2D eigenvalue weighted by Gasteiger charge is -2.39. The van der Waals surface area contributed by atoms with Crippen LogP contribution in [0.15, 0.2) is 40.0 Å². The first kappa shape index (κ1) is 27.0. The van der Waals surface area contributed by atoms with E-state index in [1.165, 1.54) is 17.4 Å². The van der Waals surface area contributed by atoms with Gasteiger partial charge in [-0.3, -0.25) is 19.1 Å². The third-order valence-corrected chi connectivity index (χ3v) is 8.46. The zero-order chi connectivity index (χ0) is 26.7. The summed E-state index contributed by atoms with van der Waals surface area (Å²) in [5.41, 5.74) is 2.39. The quantitative estimate of drug-likeness (QED) is 0.374. The number of thiocarbonyl (C=S) groups is 1. The summed E-state index contributed by atoms with van der Waals surface area (Å²) in [5.74, 6) is 0.667. The smallest absolute Gasteiger partial charge is 0.270 e. The van der Waals surface area contributed by atoms with Gasteiger partial charge < -0.3 is 9.80 Å². The Morgan fingerprint density at radius 1 is 1.11 bits per heavy atom. The van der Waals surface area contributed by atoms with Crippen LogP contribution in [0.1, 0.15) is 50.3 Å². The van der Waals surface area contributed by atoms with Gasteiger partial charge in [0.2, 0.25) is 0 Å². The number of aromatic nitrogens is 1. The highest BCUT2D eigenvalue weighted by Crippen LogP contribution is 2.37. The van der Waals surface area contributed by atoms with E-state index in [9.17, 15) is 14.9 Å². The lowest BCUT2D eigenvalue weighted by molar-refractivity contribution is -0.123. The van der Waals surface area contributed by atoms with E-state index in [0.29, 0.717) is 21.3 Å². The van der Waals surface area contributed by atoms with Gasteiger partial charge in [-0.25, -0.2) is 0 Å². The Bertz CT molecular complexity index is 1320. The fourth-order valence-corrected chi connectivity index (χ4v) is 6.35. The highest BCUT2D eigenvalue weighted by molar-refractivity contribution is 8.26. The van der Waals surface area contributed by atoms with Crippen molar-refractivity contribution in [3.8, 4) is 6.07 Å². The van der Waals surface area contributed by atoms with Crippen LogP contribution in [0.25, 0.3) is 6.08 Å². The molecule has 2 saturated heterocycles. The molecule has 1 aromatic heterocycles. The van der Waals surface area contributed by atoms with Crippen molar-refractivity contribution in [3.05, 3.63) is 62.3 Å². The number of hydrogen-bond acceptors (Lipinski definition) is 7. The second-order valence-electron chi connectivity index (χ2n) is 9.42. The topological polar surface area (TPSA) is 72.6 Å². The number of para-hydroxylation sites is 1. The van der Waals surface area contributed by atoms with E-state index in [4.69, 9.17) is 12.2 Å². The van der Waals surface area contributed by atoms with Gasteiger partial charge in [-0.2, -0.15) is 5.26 Å². The summed E-state index contributed by atoms with van der Waals surface area (Å²) in [6, 6.07) is 12.4. The average molecular weight is 536 g/mol. The highest BCUT2D eigenvalue weighted by Gasteiger charge is 2.36. The zero-order valence-electron chi connectivity index (χ0n) is 21.9. The minimum absolute atomic E-state index is 0.00810.